The summed E-state index contributed by atoms with van der Waals surface area (Å²) in [6.45, 7) is 1.97. The Morgan fingerprint density at radius 2 is 1.81 bits per heavy atom. The summed E-state index contributed by atoms with van der Waals surface area (Å²) in [5.74, 6) is 2.82. The van der Waals surface area contributed by atoms with Crippen LogP contribution in [0.1, 0.15) is 18.5 Å². The molecule has 1 N–H and O–H groups in total. The average molecular weight is 347 g/mol. The fraction of sp³-hybridized carbons (Fsp3) is 0.316. The van der Waals surface area contributed by atoms with E-state index in [0.717, 1.165) is 43.4 Å². The molecule has 4 heterocycles. The molecule has 0 spiro atoms. The molecule has 4 rings (SSSR count). The fourth-order valence-electron chi connectivity index (χ4n) is 3.26. The van der Waals surface area contributed by atoms with Gasteiger partial charge in [-0.2, -0.15) is 0 Å². The van der Waals surface area contributed by atoms with Crippen molar-refractivity contribution in [2.45, 2.75) is 19.3 Å². The summed E-state index contributed by atoms with van der Waals surface area (Å²) >= 11 is 0. The molecule has 0 amide bonds. The molecule has 3 aromatic rings. The van der Waals surface area contributed by atoms with Gasteiger partial charge in [-0.15, -0.1) is 0 Å². The van der Waals surface area contributed by atoms with Crippen molar-refractivity contribution in [3.8, 4) is 0 Å². The van der Waals surface area contributed by atoms with Crippen LogP contribution < -0.4 is 10.2 Å². The minimum Gasteiger partial charge on any atom is -0.341 e. The average Bonchev–Trinajstić information content (AvgIpc) is 2.71. The summed E-state index contributed by atoms with van der Waals surface area (Å²) < 4.78 is 0. The van der Waals surface area contributed by atoms with Gasteiger partial charge in [0.1, 0.15) is 11.6 Å². The van der Waals surface area contributed by atoms with Crippen LogP contribution in [0.15, 0.2) is 55.2 Å². The van der Waals surface area contributed by atoms with Gasteiger partial charge < -0.3 is 10.2 Å². The number of aromatic nitrogens is 5. The van der Waals surface area contributed by atoms with Crippen LogP contribution in [0.4, 0.5) is 17.6 Å². The Morgan fingerprint density at radius 1 is 0.923 bits per heavy atom. The summed E-state index contributed by atoms with van der Waals surface area (Å²) in [4.78, 5) is 24.3. The second kappa shape index (κ2) is 7.86. The Morgan fingerprint density at radius 3 is 2.58 bits per heavy atom. The molecule has 0 radical (unpaired) electrons. The molecule has 26 heavy (non-hydrogen) atoms. The van der Waals surface area contributed by atoms with E-state index >= 15 is 0 Å². The number of nitrogens with one attached hydrogen (secondary N) is 1. The van der Waals surface area contributed by atoms with Crippen LogP contribution in [0.5, 0.6) is 0 Å². The molecule has 7 nitrogen and oxygen atoms in total. The fourth-order valence-corrected chi connectivity index (χ4v) is 3.26. The van der Waals surface area contributed by atoms with Gasteiger partial charge in [-0.3, -0.25) is 4.98 Å². The van der Waals surface area contributed by atoms with Crippen molar-refractivity contribution in [1.29, 1.82) is 0 Å². The van der Waals surface area contributed by atoms with E-state index in [1.165, 1.54) is 6.42 Å². The Hall–Kier alpha value is -3.09. The first-order chi connectivity index (χ1) is 12.9. The summed E-state index contributed by atoms with van der Waals surface area (Å²) in [6.07, 6.45) is 12.2. The molecule has 7 heteroatoms. The lowest BCUT2D eigenvalue weighted by molar-refractivity contribution is 0.406. The molecule has 3 aromatic heterocycles. The van der Waals surface area contributed by atoms with Crippen LogP contribution >= 0.6 is 0 Å². The predicted molar refractivity (Wildman–Crippen MR) is 100 cm³/mol. The normalized spacial score (nSPS) is 17.1. The Kier molecular flexibility index (Phi) is 4.95. The van der Waals surface area contributed by atoms with Gasteiger partial charge in [0.15, 0.2) is 0 Å². The van der Waals surface area contributed by atoms with Crippen LogP contribution in [-0.4, -0.2) is 38.0 Å². The molecule has 1 aliphatic rings. The second-order valence-electron chi connectivity index (χ2n) is 6.44. The summed E-state index contributed by atoms with van der Waals surface area (Å²) in [7, 11) is 0. The van der Waals surface area contributed by atoms with Crippen molar-refractivity contribution in [2.75, 3.05) is 23.3 Å². The van der Waals surface area contributed by atoms with Gasteiger partial charge in [0.25, 0.3) is 0 Å². The zero-order chi connectivity index (χ0) is 17.6. The van der Waals surface area contributed by atoms with Gasteiger partial charge >= 0.3 is 0 Å². The second-order valence-corrected chi connectivity index (χ2v) is 6.44. The molecule has 132 valence electrons. The van der Waals surface area contributed by atoms with Gasteiger partial charge in [0.2, 0.25) is 5.95 Å². The monoisotopic (exact) mass is 347 g/mol. The minimum atomic E-state index is 0.538. The van der Waals surface area contributed by atoms with Crippen molar-refractivity contribution >= 4 is 17.6 Å². The van der Waals surface area contributed by atoms with Crippen LogP contribution in [0, 0.1) is 5.92 Å². The zero-order valence-electron chi connectivity index (χ0n) is 14.5. The van der Waals surface area contributed by atoms with Crippen LogP contribution in [0.25, 0.3) is 0 Å². The number of nitrogens with zero attached hydrogens (tertiary/aromatic N) is 6. The largest absolute Gasteiger partial charge is 0.341 e. The highest BCUT2D eigenvalue weighted by Crippen LogP contribution is 2.22. The van der Waals surface area contributed by atoms with Crippen LogP contribution in [-0.2, 0) is 6.42 Å². The van der Waals surface area contributed by atoms with E-state index in [4.69, 9.17) is 0 Å². The summed E-state index contributed by atoms with van der Waals surface area (Å²) in [6, 6.07) is 7.56. The van der Waals surface area contributed by atoms with Gasteiger partial charge in [0, 0.05) is 31.7 Å². The highest BCUT2D eigenvalue weighted by Gasteiger charge is 2.22. The van der Waals surface area contributed by atoms with E-state index in [0.29, 0.717) is 11.7 Å². The Balaban J connectivity index is 1.36. The third kappa shape index (κ3) is 4.11. The van der Waals surface area contributed by atoms with Crippen LogP contribution in [0.3, 0.4) is 0 Å². The standard InChI is InChI=1S/C19H21N7/c1-2-7-20-17(6-1)25-18-13-23-16(12-24-18)11-15-5-3-10-26(14-15)19-21-8-4-9-22-19/h1-2,4,6-9,12-13,15H,3,5,10-11,14H2,(H,20,24,25). The Bertz CT molecular complexity index is 808. The van der Waals surface area contributed by atoms with Gasteiger partial charge in [-0.1, -0.05) is 6.07 Å². The van der Waals surface area contributed by atoms with E-state index in [1.807, 2.05) is 30.5 Å². The molecule has 1 fully saturated rings. The van der Waals surface area contributed by atoms with Crippen molar-refractivity contribution in [3.05, 3.63) is 60.9 Å². The molecule has 1 saturated heterocycles. The molecule has 0 aliphatic carbocycles. The van der Waals surface area contributed by atoms with Crippen molar-refractivity contribution in [1.82, 2.24) is 24.9 Å². The minimum absolute atomic E-state index is 0.538. The summed E-state index contributed by atoms with van der Waals surface area (Å²) in [5, 5.41) is 3.15. The lowest BCUT2D eigenvalue weighted by Crippen LogP contribution is -2.37. The molecule has 0 aromatic carbocycles. The SMILES string of the molecule is c1ccc(Nc2cnc(CC3CCCN(c4ncccn4)C3)cn2)nc1. The number of piperidine rings is 1. The highest BCUT2D eigenvalue weighted by molar-refractivity contribution is 5.49. The molecular weight excluding hydrogens is 326 g/mol. The first-order valence-corrected chi connectivity index (χ1v) is 8.88. The van der Waals surface area contributed by atoms with E-state index in [9.17, 15) is 0 Å². The first kappa shape index (κ1) is 16.4. The van der Waals surface area contributed by atoms with Crippen LogP contribution in [0.2, 0.25) is 0 Å². The first-order valence-electron chi connectivity index (χ1n) is 8.88. The smallest absolute Gasteiger partial charge is 0.225 e. The number of pyridine rings is 1. The van der Waals surface area contributed by atoms with E-state index in [1.54, 1.807) is 24.8 Å². The van der Waals surface area contributed by atoms with E-state index < -0.39 is 0 Å². The van der Waals surface area contributed by atoms with Gasteiger partial charge in [-0.05, 0) is 43.4 Å². The van der Waals surface area contributed by atoms with E-state index in [-0.39, 0.29) is 0 Å². The lowest BCUT2D eigenvalue weighted by atomic mass is 9.94. The molecule has 0 bridgehead atoms. The maximum absolute atomic E-state index is 4.56. The number of anilines is 3. The maximum Gasteiger partial charge on any atom is 0.225 e. The third-order valence-electron chi connectivity index (χ3n) is 4.48. The molecule has 1 unspecified atom stereocenters. The molecular formula is C19H21N7. The third-order valence-corrected chi connectivity index (χ3v) is 4.48. The predicted octanol–water partition coefficient (Wildman–Crippen LogP) is 2.86. The van der Waals surface area contributed by atoms with Gasteiger partial charge in [0.05, 0.1) is 18.1 Å². The quantitative estimate of drug-likeness (QED) is 0.760. The molecule has 1 aliphatic heterocycles. The summed E-state index contributed by atoms with van der Waals surface area (Å²) in [5.41, 5.74) is 1.01. The van der Waals surface area contributed by atoms with Crippen molar-refractivity contribution in [2.24, 2.45) is 5.92 Å². The Labute approximate surface area is 152 Å². The topological polar surface area (TPSA) is 79.7 Å². The maximum atomic E-state index is 4.56. The van der Waals surface area contributed by atoms with Crippen molar-refractivity contribution < 1.29 is 0 Å². The van der Waals surface area contributed by atoms with Gasteiger partial charge in [-0.25, -0.2) is 19.9 Å². The van der Waals surface area contributed by atoms with Crippen molar-refractivity contribution in [3.63, 3.8) is 0 Å². The molecule has 0 saturated carbocycles. The number of hydrogen-bond acceptors (Lipinski definition) is 7. The van der Waals surface area contributed by atoms with E-state index in [2.05, 4.69) is 35.1 Å². The molecule has 1 atom stereocenters. The number of rotatable bonds is 5. The highest BCUT2D eigenvalue weighted by atomic mass is 15.2. The number of hydrogen-bond donors (Lipinski definition) is 1. The lowest BCUT2D eigenvalue weighted by Gasteiger charge is -2.32. The zero-order valence-corrected chi connectivity index (χ0v) is 14.5.